The Kier molecular flexibility index (Phi) is 5.88. The van der Waals surface area contributed by atoms with Gasteiger partial charge in [0.1, 0.15) is 17.3 Å². The molecule has 1 fully saturated rings. The molecular formula is C25H23BrN2O5. The molecule has 1 aromatic heterocycles. The molecule has 7 nitrogen and oxygen atoms in total. The predicted molar refractivity (Wildman–Crippen MR) is 127 cm³/mol. The van der Waals surface area contributed by atoms with E-state index >= 15 is 0 Å². The van der Waals surface area contributed by atoms with E-state index in [0.29, 0.717) is 22.6 Å². The van der Waals surface area contributed by atoms with Crippen molar-refractivity contribution in [3.63, 3.8) is 0 Å². The van der Waals surface area contributed by atoms with E-state index in [1.807, 2.05) is 20.8 Å². The molecule has 8 heteroatoms. The maximum absolute atomic E-state index is 13.2. The molecule has 1 N–H and O–H groups in total. The molecule has 0 spiro atoms. The van der Waals surface area contributed by atoms with Gasteiger partial charge in [-0.2, -0.15) is 0 Å². The monoisotopic (exact) mass is 510 g/mol. The van der Waals surface area contributed by atoms with Crippen LogP contribution in [0, 0.1) is 0 Å². The average Bonchev–Trinajstić information content (AvgIpc) is 3.37. The molecule has 4 rings (SSSR count). The summed E-state index contributed by atoms with van der Waals surface area (Å²) in [6.07, 6.45) is 0. The molecule has 2 heterocycles. The van der Waals surface area contributed by atoms with Gasteiger partial charge in [-0.15, -0.1) is 0 Å². The Bertz CT molecular complexity index is 1250. The van der Waals surface area contributed by atoms with Gasteiger partial charge in [-0.1, -0.05) is 66.1 Å². The number of carbonyl (C=O) groups is 2. The number of Topliss-reactive ketones (excluding diaryl/α,β-unsaturated/α-hetero) is 1. The molecule has 1 saturated heterocycles. The van der Waals surface area contributed by atoms with Crippen LogP contribution < -0.4 is 9.64 Å². The zero-order chi connectivity index (χ0) is 23.9. The fourth-order valence-corrected chi connectivity index (χ4v) is 3.96. The normalized spacial score (nSPS) is 18.1. The quantitative estimate of drug-likeness (QED) is 0.288. The molecule has 0 saturated carbocycles. The maximum Gasteiger partial charge on any atom is 0.301 e. The number of halogens is 1. The summed E-state index contributed by atoms with van der Waals surface area (Å²) in [5.74, 6) is -0.548. The van der Waals surface area contributed by atoms with Crippen LogP contribution >= 0.6 is 15.9 Å². The minimum Gasteiger partial charge on any atom is -0.507 e. The minimum absolute atomic E-state index is 0.0316. The van der Waals surface area contributed by atoms with Gasteiger partial charge >= 0.3 is 5.91 Å². The number of benzene rings is 2. The number of hydrogen-bond acceptors (Lipinski definition) is 6. The Labute approximate surface area is 199 Å². The number of aliphatic hydroxyl groups excluding tert-OH is 1. The first-order valence-corrected chi connectivity index (χ1v) is 11.1. The Morgan fingerprint density at radius 3 is 2.42 bits per heavy atom. The topological polar surface area (TPSA) is 92.9 Å². The fraction of sp³-hybridized carbons (Fsp3) is 0.240. The Balaban J connectivity index is 1.93. The lowest BCUT2D eigenvalue weighted by atomic mass is 9.93. The van der Waals surface area contributed by atoms with Crippen molar-refractivity contribution in [3.8, 4) is 5.75 Å². The molecule has 1 aliphatic rings. The van der Waals surface area contributed by atoms with Crippen molar-refractivity contribution in [2.24, 2.45) is 0 Å². The van der Waals surface area contributed by atoms with Crippen molar-refractivity contribution in [2.45, 2.75) is 32.2 Å². The zero-order valence-electron chi connectivity index (χ0n) is 18.6. The largest absolute Gasteiger partial charge is 0.507 e. The van der Waals surface area contributed by atoms with Crippen molar-refractivity contribution in [1.29, 1.82) is 0 Å². The van der Waals surface area contributed by atoms with Crippen molar-refractivity contribution in [1.82, 2.24) is 5.16 Å². The summed E-state index contributed by atoms with van der Waals surface area (Å²) in [5.41, 5.74) is 0.630. The van der Waals surface area contributed by atoms with E-state index < -0.39 is 17.7 Å². The third kappa shape index (κ3) is 4.18. The van der Waals surface area contributed by atoms with Crippen LogP contribution in [0.3, 0.4) is 0 Å². The average molecular weight is 511 g/mol. The zero-order valence-corrected chi connectivity index (χ0v) is 20.2. The lowest BCUT2D eigenvalue weighted by Gasteiger charge is -2.23. The van der Waals surface area contributed by atoms with Crippen LogP contribution in [0.2, 0.25) is 0 Å². The van der Waals surface area contributed by atoms with Crippen LogP contribution in [0.15, 0.2) is 69.2 Å². The van der Waals surface area contributed by atoms with Gasteiger partial charge in [0.25, 0.3) is 5.78 Å². The maximum atomic E-state index is 13.2. The molecule has 1 atom stereocenters. The number of aromatic nitrogens is 1. The van der Waals surface area contributed by atoms with Crippen molar-refractivity contribution < 1.29 is 24.0 Å². The summed E-state index contributed by atoms with van der Waals surface area (Å²) in [4.78, 5) is 27.7. The fourth-order valence-electron chi connectivity index (χ4n) is 3.69. The van der Waals surface area contributed by atoms with Crippen molar-refractivity contribution in [3.05, 3.63) is 81.5 Å². The summed E-state index contributed by atoms with van der Waals surface area (Å²) in [5, 5.41) is 15.2. The molecule has 0 bridgehead atoms. The van der Waals surface area contributed by atoms with Gasteiger partial charge in [0.05, 0.1) is 18.7 Å². The van der Waals surface area contributed by atoms with Crippen molar-refractivity contribution in [2.75, 3.05) is 12.0 Å². The van der Waals surface area contributed by atoms with Gasteiger partial charge in [0.15, 0.2) is 5.82 Å². The van der Waals surface area contributed by atoms with Crippen LogP contribution in [-0.2, 0) is 15.0 Å². The van der Waals surface area contributed by atoms with Crippen molar-refractivity contribution >= 4 is 39.2 Å². The van der Waals surface area contributed by atoms with Crippen LogP contribution in [0.4, 0.5) is 5.82 Å². The number of amides is 1. The number of anilines is 1. The van der Waals surface area contributed by atoms with Crippen LogP contribution in [-0.4, -0.2) is 29.1 Å². The van der Waals surface area contributed by atoms with Gasteiger partial charge in [-0.25, -0.2) is 0 Å². The second kappa shape index (κ2) is 8.51. The van der Waals surface area contributed by atoms with Gasteiger partial charge < -0.3 is 14.4 Å². The van der Waals surface area contributed by atoms with E-state index in [0.717, 1.165) is 4.47 Å². The lowest BCUT2D eigenvalue weighted by Crippen LogP contribution is -2.29. The summed E-state index contributed by atoms with van der Waals surface area (Å²) in [6, 6.07) is 14.6. The number of methoxy groups -OCH3 is 1. The molecule has 2 aromatic carbocycles. The molecule has 0 radical (unpaired) electrons. The number of aliphatic hydroxyl groups is 1. The summed E-state index contributed by atoms with van der Waals surface area (Å²) in [6.45, 7) is 5.87. The van der Waals surface area contributed by atoms with E-state index in [9.17, 15) is 14.7 Å². The number of carbonyl (C=O) groups excluding carboxylic acids is 2. The molecule has 170 valence electrons. The van der Waals surface area contributed by atoms with E-state index in [1.54, 1.807) is 54.6 Å². The predicted octanol–water partition coefficient (Wildman–Crippen LogP) is 5.37. The van der Waals surface area contributed by atoms with Gasteiger partial charge in [0, 0.05) is 21.5 Å². The minimum atomic E-state index is -0.915. The first-order valence-electron chi connectivity index (χ1n) is 10.3. The lowest BCUT2D eigenvalue weighted by molar-refractivity contribution is -0.132. The number of rotatable bonds is 4. The van der Waals surface area contributed by atoms with E-state index in [4.69, 9.17) is 9.26 Å². The second-order valence-electron chi connectivity index (χ2n) is 8.75. The van der Waals surface area contributed by atoms with E-state index in [-0.39, 0.29) is 22.6 Å². The highest BCUT2D eigenvalue weighted by atomic mass is 79.9. The Morgan fingerprint density at radius 1 is 1.12 bits per heavy atom. The van der Waals surface area contributed by atoms with Crippen LogP contribution in [0.1, 0.15) is 43.7 Å². The highest BCUT2D eigenvalue weighted by molar-refractivity contribution is 9.10. The molecule has 33 heavy (non-hydrogen) atoms. The van der Waals surface area contributed by atoms with E-state index in [1.165, 1.54) is 12.0 Å². The summed E-state index contributed by atoms with van der Waals surface area (Å²) < 4.78 is 11.6. The summed E-state index contributed by atoms with van der Waals surface area (Å²) in [7, 11) is 1.53. The third-order valence-corrected chi connectivity index (χ3v) is 5.98. The van der Waals surface area contributed by atoms with E-state index in [2.05, 4.69) is 21.1 Å². The Hall–Kier alpha value is -3.39. The standard InChI is InChI=1S/C25H23BrN2O5/c1-25(2,3)18-13-19(27-33-18)28-21(15-6-5-7-17(12-15)32-4)20(23(30)24(28)31)22(29)14-8-10-16(26)11-9-14/h5-13,21,29H,1-4H3/b22-20+. The first-order chi connectivity index (χ1) is 15.6. The second-order valence-corrected chi connectivity index (χ2v) is 9.67. The van der Waals surface area contributed by atoms with Crippen LogP contribution in [0.5, 0.6) is 5.75 Å². The Morgan fingerprint density at radius 2 is 1.82 bits per heavy atom. The molecular weight excluding hydrogens is 488 g/mol. The number of nitrogens with zero attached hydrogens (tertiary/aromatic N) is 2. The molecule has 0 aliphatic carbocycles. The van der Waals surface area contributed by atoms with Gasteiger partial charge in [-0.05, 0) is 29.8 Å². The molecule has 1 amide bonds. The van der Waals surface area contributed by atoms with Gasteiger partial charge in [-0.3, -0.25) is 14.5 Å². The number of ether oxygens (including phenoxy) is 1. The highest BCUT2D eigenvalue weighted by Crippen LogP contribution is 2.43. The highest BCUT2D eigenvalue weighted by Gasteiger charge is 2.48. The molecule has 1 aliphatic heterocycles. The van der Waals surface area contributed by atoms with Gasteiger partial charge in [0.2, 0.25) is 0 Å². The molecule has 3 aromatic rings. The number of hydrogen-bond donors (Lipinski definition) is 1. The first kappa shape index (κ1) is 22.8. The third-order valence-electron chi connectivity index (χ3n) is 5.46. The smallest absolute Gasteiger partial charge is 0.301 e. The summed E-state index contributed by atoms with van der Waals surface area (Å²) >= 11 is 3.36. The SMILES string of the molecule is COc1cccc(C2/C(=C(\O)c3ccc(Br)cc3)C(=O)C(=O)N2c2cc(C(C)(C)C)on2)c1. The number of ketones is 1. The molecule has 1 unspecified atom stereocenters. The van der Waals surface area contributed by atoms with Crippen LogP contribution in [0.25, 0.3) is 5.76 Å².